The summed E-state index contributed by atoms with van der Waals surface area (Å²) in [4.78, 5) is 11.8. The molecule has 2 N–H and O–H groups in total. The minimum absolute atomic E-state index is 0.174. The van der Waals surface area contributed by atoms with Crippen LogP contribution >= 0.6 is 0 Å². The Morgan fingerprint density at radius 1 is 1.00 bits per heavy atom. The Labute approximate surface area is 125 Å². The Morgan fingerprint density at radius 3 is 2.29 bits per heavy atom. The fraction of sp³-hybridized carbons (Fsp3) is 0.235. The van der Waals surface area contributed by atoms with Crippen LogP contribution in [-0.2, 0) is 13.1 Å². The summed E-state index contributed by atoms with van der Waals surface area (Å²) in [6.07, 6.45) is 0. The Balaban J connectivity index is 1.80. The number of ether oxygens (including phenoxy) is 1. The predicted molar refractivity (Wildman–Crippen MR) is 83.2 cm³/mol. The molecule has 0 aliphatic heterocycles. The molecule has 0 aliphatic rings. The van der Waals surface area contributed by atoms with Gasteiger partial charge >= 0.3 is 6.03 Å². The van der Waals surface area contributed by atoms with Gasteiger partial charge in [-0.3, -0.25) is 0 Å². The maximum Gasteiger partial charge on any atom is 0.315 e. The molecule has 4 heteroatoms. The minimum atomic E-state index is -0.174. The van der Waals surface area contributed by atoms with Crippen molar-refractivity contribution in [3.63, 3.8) is 0 Å². The molecular weight excluding hydrogens is 264 g/mol. The first-order valence-electron chi connectivity index (χ1n) is 6.88. The average molecular weight is 284 g/mol. The normalized spacial score (nSPS) is 10.0. The summed E-state index contributed by atoms with van der Waals surface area (Å²) in [6, 6.07) is 15.5. The van der Waals surface area contributed by atoms with E-state index < -0.39 is 0 Å². The van der Waals surface area contributed by atoms with Gasteiger partial charge in [-0.25, -0.2) is 4.79 Å². The average Bonchev–Trinajstić information content (AvgIpc) is 2.52. The van der Waals surface area contributed by atoms with Crippen molar-refractivity contribution in [1.82, 2.24) is 10.6 Å². The first kappa shape index (κ1) is 14.9. The maximum atomic E-state index is 11.8. The third-order valence-corrected chi connectivity index (χ3v) is 3.21. The number of amides is 2. The fourth-order valence-electron chi connectivity index (χ4n) is 2.07. The summed E-state index contributed by atoms with van der Waals surface area (Å²) in [7, 11) is 1.65. The molecule has 0 heterocycles. The van der Waals surface area contributed by atoms with E-state index in [-0.39, 0.29) is 6.03 Å². The lowest BCUT2D eigenvalue weighted by Crippen LogP contribution is -2.34. The molecule has 0 saturated carbocycles. The highest BCUT2D eigenvalue weighted by Gasteiger charge is 2.03. The SMILES string of the molecule is COc1ccc(CNC(=O)NCc2ccccc2)cc1C. The summed E-state index contributed by atoms with van der Waals surface area (Å²) in [5.74, 6) is 0.854. The number of benzene rings is 2. The van der Waals surface area contributed by atoms with Crippen LogP contribution in [0.15, 0.2) is 48.5 Å². The van der Waals surface area contributed by atoms with Gasteiger partial charge in [0.05, 0.1) is 7.11 Å². The van der Waals surface area contributed by atoms with Gasteiger partial charge < -0.3 is 15.4 Å². The zero-order valence-corrected chi connectivity index (χ0v) is 12.3. The molecule has 0 spiro atoms. The molecule has 0 unspecified atom stereocenters. The molecule has 2 aromatic carbocycles. The molecule has 110 valence electrons. The summed E-state index contributed by atoms with van der Waals surface area (Å²) in [5.41, 5.74) is 3.18. The fourth-order valence-corrected chi connectivity index (χ4v) is 2.07. The van der Waals surface area contributed by atoms with E-state index in [1.54, 1.807) is 7.11 Å². The minimum Gasteiger partial charge on any atom is -0.496 e. The van der Waals surface area contributed by atoms with Crippen molar-refractivity contribution in [3.8, 4) is 5.75 Å². The lowest BCUT2D eigenvalue weighted by Gasteiger charge is -2.10. The van der Waals surface area contributed by atoms with E-state index in [9.17, 15) is 4.79 Å². The third-order valence-electron chi connectivity index (χ3n) is 3.21. The van der Waals surface area contributed by atoms with Crippen molar-refractivity contribution in [2.24, 2.45) is 0 Å². The number of hydrogen-bond donors (Lipinski definition) is 2. The lowest BCUT2D eigenvalue weighted by atomic mass is 10.1. The Hall–Kier alpha value is -2.49. The first-order valence-corrected chi connectivity index (χ1v) is 6.88. The van der Waals surface area contributed by atoms with Gasteiger partial charge in [0.1, 0.15) is 5.75 Å². The number of carbonyl (C=O) groups is 1. The second-order valence-electron chi connectivity index (χ2n) is 4.83. The van der Waals surface area contributed by atoms with Gasteiger partial charge in [0, 0.05) is 13.1 Å². The predicted octanol–water partition coefficient (Wildman–Crippen LogP) is 3.00. The van der Waals surface area contributed by atoms with E-state index in [4.69, 9.17) is 4.74 Å². The summed E-state index contributed by atoms with van der Waals surface area (Å²) >= 11 is 0. The van der Waals surface area contributed by atoms with Crippen molar-refractivity contribution in [3.05, 3.63) is 65.2 Å². The zero-order valence-electron chi connectivity index (χ0n) is 12.3. The molecule has 0 atom stereocenters. The highest BCUT2D eigenvalue weighted by atomic mass is 16.5. The molecule has 0 aromatic heterocycles. The molecule has 2 rings (SSSR count). The van der Waals surface area contributed by atoms with Crippen LogP contribution in [0.5, 0.6) is 5.75 Å². The van der Waals surface area contributed by atoms with Crippen LogP contribution in [0.1, 0.15) is 16.7 Å². The number of carbonyl (C=O) groups excluding carboxylic acids is 1. The number of nitrogens with one attached hydrogen (secondary N) is 2. The molecule has 0 fully saturated rings. The van der Waals surface area contributed by atoms with E-state index in [2.05, 4.69) is 10.6 Å². The molecule has 4 nitrogen and oxygen atoms in total. The van der Waals surface area contributed by atoms with Crippen LogP contribution in [0.25, 0.3) is 0 Å². The van der Waals surface area contributed by atoms with Crippen LogP contribution in [-0.4, -0.2) is 13.1 Å². The van der Waals surface area contributed by atoms with E-state index in [0.717, 1.165) is 22.4 Å². The highest BCUT2D eigenvalue weighted by Crippen LogP contribution is 2.18. The molecule has 2 aromatic rings. The molecule has 0 aliphatic carbocycles. The van der Waals surface area contributed by atoms with E-state index in [0.29, 0.717) is 13.1 Å². The Kier molecular flexibility index (Phi) is 5.21. The largest absolute Gasteiger partial charge is 0.496 e. The topological polar surface area (TPSA) is 50.4 Å². The highest BCUT2D eigenvalue weighted by molar-refractivity contribution is 5.73. The molecule has 0 saturated heterocycles. The van der Waals surface area contributed by atoms with E-state index in [1.165, 1.54) is 0 Å². The monoisotopic (exact) mass is 284 g/mol. The number of hydrogen-bond acceptors (Lipinski definition) is 2. The molecule has 2 amide bonds. The van der Waals surface area contributed by atoms with Crippen LogP contribution in [0.4, 0.5) is 4.79 Å². The number of aryl methyl sites for hydroxylation is 1. The van der Waals surface area contributed by atoms with Gasteiger partial charge in [0.2, 0.25) is 0 Å². The standard InChI is InChI=1S/C17H20N2O2/c1-13-10-15(8-9-16(13)21-2)12-19-17(20)18-11-14-6-4-3-5-7-14/h3-10H,11-12H2,1-2H3,(H2,18,19,20). The Bertz CT molecular complexity index is 597. The number of rotatable bonds is 5. The maximum absolute atomic E-state index is 11.8. The van der Waals surface area contributed by atoms with Crippen molar-refractivity contribution in [2.75, 3.05) is 7.11 Å². The van der Waals surface area contributed by atoms with Crippen LogP contribution in [0.3, 0.4) is 0 Å². The quantitative estimate of drug-likeness (QED) is 0.886. The van der Waals surface area contributed by atoms with Gasteiger partial charge in [0.25, 0.3) is 0 Å². The zero-order chi connectivity index (χ0) is 15.1. The first-order chi connectivity index (χ1) is 10.2. The summed E-state index contributed by atoms with van der Waals surface area (Å²) in [6.45, 7) is 3.00. The van der Waals surface area contributed by atoms with Gasteiger partial charge in [0.15, 0.2) is 0 Å². The molecule has 0 radical (unpaired) electrons. The van der Waals surface area contributed by atoms with Gasteiger partial charge in [-0.2, -0.15) is 0 Å². The van der Waals surface area contributed by atoms with E-state index in [1.807, 2.05) is 55.5 Å². The summed E-state index contributed by atoms with van der Waals surface area (Å²) < 4.78 is 5.21. The van der Waals surface area contributed by atoms with Crippen molar-refractivity contribution >= 4 is 6.03 Å². The Morgan fingerprint density at radius 2 is 1.67 bits per heavy atom. The van der Waals surface area contributed by atoms with Gasteiger partial charge in [-0.1, -0.05) is 42.5 Å². The van der Waals surface area contributed by atoms with Crippen LogP contribution in [0.2, 0.25) is 0 Å². The molecular formula is C17H20N2O2. The van der Waals surface area contributed by atoms with Crippen LogP contribution in [0, 0.1) is 6.92 Å². The molecule has 0 bridgehead atoms. The van der Waals surface area contributed by atoms with Gasteiger partial charge in [-0.05, 0) is 29.7 Å². The van der Waals surface area contributed by atoms with Crippen molar-refractivity contribution in [1.29, 1.82) is 0 Å². The van der Waals surface area contributed by atoms with Crippen molar-refractivity contribution < 1.29 is 9.53 Å². The van der Waals surface area contributed by atoms with Gasteiger partial charge in [-0.15, -0.1) is 0 Å². The van der Waals surface area contributed by atoms with Crippen molar-refractivity contribution in [2.45, 2.75) is 20.0 Å². The third kappa shape index (κ3) is 4.53. The van der Waals surface area contributed by atoms with Crippen LogP contribution < -0.4 is 15.4 Å². The smallest absolute Gasteiger partial charge is 0.315 e. The second kappa shape index (κ2) is 7.33. The number of urea groups is 1. The number of methoxy groups -OCH3 is 1. The summed E-state index contributed by atoms with van der Waals surface area (Å²) in [5, 5.41) is 5.67. The second-order valence-corrected chi connectivity index (χ2v) is 4.83. The van der Waals surface area contributed by atoms with E-state index >= 15 is 0 Å². The molecule has 21 heavy (non-hydrogen) atoms. The lowest BCUT2D eigenvalue weighted by molar-refractivity contribution is 0.240.